The lowest BCUT2D eigenvalue weighted by molar-refractivity contribution is -0.128. The van der Waals surface area contributed by atoms with E-state index in [0.717, 1.165) is 11.1 Å². The van der Waals surface area contributed by atoms with Crippen LogP contribution in [0.25, 0.3) is 0 Å². The lowest BCUT2D eigenvalue weighted by atomic mass is 9.80. The molecule has 0 N–H and O–H groups in total. The molecule has 0 bridgehead atoms. The van der Waals surface area contributed by atoms with Crippen molar-refractivity contribution < 1.29 is 9.59 Å². The van der Waals surface area contributed by atoms with Crippen LogP contribution in [0.3, 0.4) is 0 Å². The second kappa shape index (κ2) is 7.01. The van der Waals surface area contributed by atoms with E-state index in [1.807, 2.05) is 59.5 Å². The van der Waals surface area contributed by atoms with Gasteiger partial charge in [-0.1, -0.05) is 60.5 Å². The van der Waals surface area contributed by atoms with E-state index in [0.29, 0.717) is 18.5 Å². The van der Waals surface area contributed by atoms with Crippen LogP contribution in [0.15, 0.2) is 67.3 Å². The third kappa shape index (κ3) is 2.55. The second-order valence-electron chi connectivity index (χ2n) is 7.29. The van der Waals surface area contributed by atoms with Crippen molar-refractivity contribution in [3.63, 3.8) is 0 Å². The first kappa shape index (κ1) is 18.1. The van der Waals surface area contributed by atoms with Gasteiger partial charge in [-0.15, -0.1) is 13.0 Å². The number of carbonyl (C=O) groups excluding carboxylic acids is 2. The summed E-state index contributed by atoms with van der Waals surface area (Å²) in [5, 5.41) is 0. The molecule has 2 aliphatic heterocycles. The number of nitrogens with zero attached hydrogens (tertiary/aromatic N) is 2. The number of hydrogen-bond acceptors (Lipinski definition) is 2. The van der Waals surface area contributed by atoms with Crippen LogP contribution >= 0.6 is 0 Å². The zero-order chi connectivity index (χ0) is 19.7. The quantitative estimate of drug-likeness (QED) is 0.598. The van der Waals surface area contributed by atoms with Gasteiger partial charge in [-0.05, 0) is 23.6 Å². The fourth-order valence-corrected chi connectivity index (χ4v) is 4.71. The van der Waals surface area contributed by atoms with E-state index in [1.165, 1.54) is 0 Å². The van der Waals surface area contributed by atoms with Crippen LogP contribution in [0, 0.1) is 12.3 Å². The zero-order valence-corrected chi connectivity index (χ0v) is 15.7. The van der Waals surface area contributed by atoms with Gasteiger partial charge in [0.25, 0.3) is 5.91 Å². The summed E-state index contributed by atoms with van der Waals surface area (Å²) in [6, 6.07) is 17.3. The van der Waals surface area contributed by atoms with E-state index >= 15 is 0 Å². The Morgan fingerprint density at radius 3 is 2.57 bits per heavy atom. The van der Waals surface area contributed by atoms with Gasteiger partial charge in [-0.25, -0.2) is 0 Å². The number of likely N-dealkylation sites (tertiary alicyclic amines) is 1. The maximum atomic E-state index is 13.4. The van der Waals surface area contributed by atoms with Crippen LogP contribution in [0.4, 0.5) is 0 Å². The summed E-state index contributed by atoms with van der Waals surface area (Å²) in [6.45, 7) is 4.56. The second-order valence-corrected chi connectivity index (χ2v) is 7.29. The Labute approximate surface area is 165 Å². The molecule has 0 unspecified atom stereocenters. The predicted molar refractivity (Wildman–Crippen MR) is 108 cm³/mol. The lowest BCUT2D eigenvalue weighted by Gasteiger charge is -2.41. The number of amides is 2. The Balaban J connectivity index is 1.88. The minimum absolute atomic E-state index is 0.0210. The molecule has 0 radical (unpaired) electrons. The Bertz CT molecular complexity index is 976. The third-order valence-electron chi connectivity index (χ3n) is 5.85. The number of carbonyl (C=O) groups is 2. The van der Waals surface area contributed by atoms with Crippen LogP contribution in [-0.4, -0.2) is 34.2 Å². The van der Waals surface area contributed by atoms with Crippen molar-refractivity contribution in [1.29, 1.82) is 0 Å². The third-order valence-corrected chi connectivity index (χ3v) is 5.85. The smallest absolute Gasteiger partial charge is 0.255 e. The summed E-state index contributed by atoms with van der Waals surface area (Å²) in [5.74, 6) is 2.54. The van der Waals surface area contributed by atoms with Crippen LogP contribution in [0.2, 0.25) is 0 Å². The van der Waals surface area contributed by atoms with Crippen LogP contribution in [0.1, 0.15) is 34.3 Å². The average Bonchev–Trinajstić information content (AvgIpc) is 3.11. The van der Waals surface area contributed by atoms with E-state index in [-0.39, 0.29) is 30.8 Å². The monoisotopic (exact) mass is 370 g/mol. The molecule has 1 fully saturated rings. The molecule has 4 heteroatoms. The van der Waals surface area contributed by atoms with Gasteiger partial charge >= 0.3 is 0 Å². The van der Waals surface area contributed by atoms with Crippen LogP contribution in [-0.2, 0) is 16.9 Å². The molecular weight excluding hydrogens is 348 g/mol. The highest BCUT2D eigenvalue weighted by Gasteiger charge is 2.61. The molecule has 0 saturated carbocycles. The molecule has 1 saturated heterocycles. The van der Waals surface area contributed by atoms with E-state index in [2.05, 4.69) is 12.5 Å². The number of benzene rings is 2. The molecule has 28 heavy (non-hydrogen) atoms. The molecule has 140 valence electrons. The fourth-order valence-electron chi connectivity index (χ4n) is 4.71. The van der Waals surface area contributed by atoms with Gasteiger partial charge in [0.1, 0.15) is 0 Å². The maximum Gasteiger partial charge on any atom is 0.255 e. The largest absolute Gasteiger partial charge is 0.325 e. The molecular formula is C24H22N2O2. The van der Waals surface area contributed by atoms with Crippen LogP contribution < -0.4 is 0 Å². The minimum atomic E-state index is -0.731. The molecule has 4 nitrogen and oxygen atoms in total. The molecule has 2 atom stereocenters. The van der Waals surface area contributed by atoms with Gasteiger partial charge in [-0.2, -0.15) is 0 Å². The first-order valence-electron chi connectivity index (χ1n) is 9.42. The predicted octanol–water partition coefficient (Wildman–Crippen LogP) is 3.35. The standard InChI is InChI=1S/C24H22N2O2/c1-3-10-21-24(16-22(27)25(21)15-4-2)20-14-9-8-13-19(20)23(28)26(24)17-18-11-6-5-7-12-18/h2-3,5-9,11-14,21H,1,10,15-17H2/t21-,24-/m1/s1. The summed E-state index contributed by atoms with van der Waals surface area (Å²) in [5.41, 5.74) is 1.88. The van der Waals surface area contributed by atoms with Gasteiger partial charge in [0.2, 0.25) is 5.91 Å². The highest BCUT2D eigenvalue weighted by molar-refractivity contribution is 6.02. The Morgan fingerprint density at radius 2 is 1.86 bits per heavy atom. The SMILES string of the molecule is C#CCN1C(=O)C[C@@]2(c3ccccc3C(=O)N2Cc2ccccc2)[C@H]1CC=C. The Kier molecular flexibility index (Phi) is 4.52. The van der Waals surface area contributed by atoms with Crippen molar-refractivity contribution in [2.75, 3.05) is 6.54 Å². The number of hydrogen-bond donors (Lipinski definition) is 0. The highest BCUT2D eigenvalue weighted by Crippen LogP contribution is 2.51. The molecule has 4 rings (SSSR count). The van der Waals surface area contributed by atoms with Crippen LogP contribution in [0.5, 0.6) is 0 Å². The van der Waals surface area contributed by atoms with Crippen molar-refractivity contribution in [2.45, 2.75) is 31.0 Å². The molecule has 2 aromatic carbocycles. The minimum Gasteiger partial charge on any atom is -0.325 e. The number of terminal acetylenes is 1. The Hall–Kier alpha value is -3.32. The first-order chi connectivity index (χ1) is 13.6. The van der Waals surface area contributed by atoms with Gasteiger partial charge < -0.3 is 9.80 Å². The molecule has 2 aromatic rings. The molecule has 2 amide bonds. The summed E-state index contributed by atoms with van der Waals surface area (Å²) < 4.78 is 0. The summed E-state index contributed by atoms with van der Waals surface area (Å²) in [6.07, 6.45) is 8.16. The number of fused-ring (bicyclic) bond motifs is 2. The van der Waals surface area contributed by atoms with E-state index in [9.17, 15) is 9.59 Å². The zero-order valence-electron chi connectivity index (χ0n) is 15.7. The summed E-state index contributed by atoms with van der Waals surface area (Å²) >= 11 is 0. The van der Waals surface area contributed by atoms with Gasteiger partial charge in [0.15, 0.2) is 0 Å². The molecule has 2 aliphatic rings. The maximum absolute atomic E-state index is 13.4. The lowest BCUT2D eigenvalue weighted by Crippen LogP contribution is -2.52. The topological polar surface area (TPSA) is 40.6 Å². The summed E-state index contributed by atoms with van der Waals surface area (Å²) in [4.78, 5) is 30.0. The molecule has 1 spiro atoms. The van der Waals surface area contributed by atoms with E-state index in [4.69, 9.17) is 6.42 Å². The van der Waals surface area contributed by atoms with Crippen molar-refractivity contribution in [1.82, 2.24) is 9.80 Å². The molecule has 0 aliphatic carbocycles. The van der Waals surface area contributed by atoms with Gasteiger partial charge in [0.05, 0.1) is 24.5 Å². The van der Waals surface area contributed by atoms with Crippen molar-refractivity contribution in [2.24, 2.45) is 0 Å². The van der Waals surface area contributed by atoms with E-state index in [1.54, 1.807) is 11.0 Å². The fraction of sp³-hybridized carbons (Fsp3) is 0.250. The molecule has 2 heterocycles. The summed E-state index contributed by atoms with van der Waals surface area (Å²) in [7, 11) is 0. The first-order valence-corrected chi connectivity index (χ1v) is 9.42. The van der Waals surface area contributed by atoms with Gasteiger partial charge in [0, 0.05) is 12.1 Å². The van der Waals surface area contributed by atoms with Crippen molar-refractivity contribution in [3.8, 4) is 12.3 Å². The number of rotatable bonds is 5. The van der Waals surface area contributed by atoms with E-state index < -0.39 is 5.54 Å². The Morgan fingerprint density at radius 1 is 1.14 bits per heavy atom. The highest BCUT2D eigenvalue weighted by atomic mass is 16.2. The average molecular weight is 370 g/mol. The molecule has 0 aromatic heterocycles. The normalized spacial score (nSPS) is 23.2. The van der Waals surface area contributed by atoms with Gasteiger partial charge in [-0.3, -0.25) is 9.59 Å². The van der Waals surface area contributed by atoms with Crippen molar-refractivity contribution in [3.05, 3.63) is 83.9 Å². The van der Waals surface area contributed by atoms with Crippen molar-refractivity contribution >= 4 is 11.8 Å².